The minimum atomic E-state index is -0.748. The Morgan fingerprint density at radius 3 is 2.35 bits per heavy atom. The van der Waals surface area contributed by atoms with Crippen LogP contribution in [-0.4, -0.2) is 35.9 Å². The molecule has 0 aliphatic heterocycles. The Balaban J connectivity index is 1.90. The maximum Gasteiger partial charge on any atom is 0.261 e. The predicted molar refractivity (Wildman–Crippen MR) is 131 cm³/mol. The van der Waals surface area contributed by atoms with E-state index >= 15 is 0 Å². The van der Waals surface area contributed by atoms with Gasteiger partial charge in [0.2, 0.25) is 5.91 Å². The molecule has 178 valence electrons. The van der Waals surface area contributed by atoms with Crippen LogP contribution in [-0.2, 0) is 22.6 Å². The molecule has 0 aliphatic rings. The number of benzene rings is 3. The number of hydrogen-bond donors (Lipinski definition) is 1. The van der Waals surface area contributed by atoms with Crippen molar-refractivity contribution in [1.29, 1.82) is 0 Å². The molecule has 0 aliphatic carbocycles. The predicted octanol–water partition coefficient (Wildman–Crippen LogP) is 4.60. The molecule has 0 unspecified atom stereocenters. The van der Waals surface area contributed by atoms with E-state index in [4.69, 9.17) is 4.74 Å². The molecule has 0 fully saturated rings. The number of ether oxygens (including phenoxy) is 1. The molecule has 3 rings (SSSR count). The summed E-state index contributed by atoms with van der Waals surface area (Å²) >= 11 is 0. The minimum Gasteiger partial charge on any atom is -0.483 e. The van der Waals surface area contributed by atoms with Crippen LogP contribution in [0.5, 0.6) is 5.75 Å². The van der Waals surface area contributed by atoms with E-state index in [1.807, 2.05) is 69.3 Å². The standard InChI is InChI=1S/C28H31FN2O3/c1-4-30-28(33)25(17-22-8-6-5-7-9-22)31(18-23-12-14-24(29)15-13-23)27(32)19-34-26-16-20(2)10-11-21(26)3/h5-16,25H,4,17-19H2,1-3H3,(H,30,33)/t25-/m1/s1. The second kappa shape index (κ2) is 12.0. The highest BCUT2D eigenvalue weighted by Gasteiger charge is 2.30. The van der Waals surface area contributed by atoms with Crippen LogP contribution in [0, 0.1) is 19.7 Å². The zero-order valence-electron chi connectivity index (χ0n) is 19.9. The molecule has 3 aromatic carbocycles. The first-order valence-corrected chi connectivity index (χ1v) is 11.4. The molecule has 1 N–H and O–H groups in total. The average molecular weight is 463 g/mol. The number of halogens is 1. The number of rotatable bonds is 10. The number of amides is 2. The van der Waals surface area contributed by atoms with E-state index in [-0.39, 0.29) is 30.8 Å². The van der Waals surface area contributed by atoms with Crippen LogP contribution < -0.4 is 10.1 Å². The maximum absolute atomic E-state index is 13.5. The molecule has 0 spiro atoms. The number of nitrogens with one attached hydrogen (secondary N) is 1. The lowest BCUT2D eigenvalue weighted by atomic mass is 10.0. The monoisotopic (exact) mass is 462 g/mol. The van der Waals surface area contributed by atoms with Crippen LogP contribution in [0.2, 0.25) is 0 Å². The maximum atomic E-state index is 13.5. The average Bonchev–Trinajstić information content (AvgIpc) is 2.83. The second-order valence-corrected chi connectivity index (χ2v) is 8.31. The van der Waals surface area contributed by atoms with E-state index in [0.717, 1.165) is 22.3 Å². The highest BCUT2D eigenvalue weighted by molar-refractivity contribution is 5.88. The van der Waals surface area contributed by atoms with Gasteiger partial charge in [-0.1, -0.05) is 54.6 Å². The normalized spacial score (nSPS) is 11.5. The summed E-state index contributed by atoms with van der Waals surface area (Å²) in [6.45, 7) is 6.11. The second-order valence-electron chi connectivity index (χ2n) is 8.31. The van der Waals surface area contributed by atoms with Gasteiger partial charge >= 0.3 is 0 Å². The van der Waals surface area contributed by atoms with Crippen molar-refractivity contribution in [3.63, 3.8) is 0 Å². The molecule has 6 heteroatoms. The van der Waals surface area contributed by atoms with Gasteiger partial charge in [0.25, 0.3) is 5.91 Å². The first kappa shape index (κ1) is 25.0. The number of nitrogens with zero attached hydrogens (tertiary/aromatic N) is 1. The van der Waals surface area contributed by atoms with Gasteiger partial charge in [0.15, 0.2) is 6.61 Å². The third kappa shape index (κ3) is 6.91. The molecule has 0 radical (unpaired) electrons. The zero-order chi connectivity index (χ0) is 24.5. The third-order valence-corrected chi connectivity index (χ3v) is 5.58. The van der Waals surface area contributed by atoms with Crippen molar-refractivity contribution < 1.29 is 18.7 Å². The summed E-state index contributed by atoms with van der Waals surface area (Å²) in [5, 5.41) is 2.85. The van der Waals surface area contributed by atoms with Gasteiger partial charge in [0.1, 0.15) is 17.6 Å². The lowest BCUT2D eigenvalue weighted by Gasteiger charge is -2.31. The van der Waals surface area contributed by atoms with Gasteiger partial charge in [-0.05, 0) is 61.2 Å². The van der Waals surface area contributed by atoms with Crippen molar-refractivity contribution in [2.75, 3.05) is 13.2 Å². The lowest BCUT2D eigenvalue weighted by Crippen LogP contribution is -2.51. The Morgan fingerprint density at radius 2 is 1.68 bits per heavy atom. The van der Waals surface area contributed by atoms with Gasteiger partial charge in [-0.15, -0.1) is 0 Å². The number of aryl methyl sites for hydroxylation is 2. The van der Waals surface area contributed by atoms with Gasteiger partial charge in [0, 0.05) is 19.5 Å². The van der Waals surface area contributed by atoms with Crippen molar-refractivity contribution in [3.05, 3.63) is 101 Å². The zero-order valence-corrected chi connectivity index (χ0v) is 19.9. The van der Waals surface area contributed by atoms with E-state index in [0.29, 0.717) is 18.7 Å². The summed E-state index contributed by atoms with van der Waals surface area (Å²) in [5.74, 6) is -0.289. The van der Waals surface area contributed by atoms with Gasteiger partial charge < -0.3 is 15.0 Å². The fourth-order valence-electron chi connectivity index (χ4n) is 3.72. The van der Waals surface area contributed by atoms with Crippen LogP contribution in [0.3, 0.4) is 0 Å². The molecule has 0 heterocycles. The van der Waals surface area contributed by atoms with Crippen molar-refractivity contribution in [3.8, 4) is 5.75 Å². The highest BCUT2D eigenvalue weighted by atomic mass is 19.1. The summed E-state index contributed by atoms with van der Waals surface area (Å²) in [4.78, 5) is 28.1. The Kier molecular flexibility index (Phi) is 8.79. The molecular weight excluding hydrogens is 431 g/mol. The minimum absolute atomic E-state index is 0.157. The van der Waals surface area contributed by atoms with E-state index in [1.165, 1.54) is 17.0 Å². The van der Waals surface area contributed by atoms with E-state index < -0.39 is 6.04 Å². The van der Waals surface area contributed by atoms with Crippen molar-refractivity contribution >= 4 is 11.8 Å². The summed E-state index contributed by atoms with van der Waals surface area (Å²) < 4.78 is 19.3. The van der Waals surface area contributed by atoms with Gasteiger partial charge in [-0.25, -0.2) is 4.39 Å². The number of carbonyl (C=O) groups is 2. The van der Waals surface area contributed by atoms with Crippen molar-refractivity contribution in [1.82, 2.24) is 10.2 Å². The Morgan fingerprint density at radius 1 is 0.971 bits per heavy atom. The van der Waals surface area contributed by atoms with E-state index in [1.54, 1.807) is 12.1 Å². The van der Waals surface area contributed by atoms with E-state index in [2.05, 4.69) is 5.32 Å². The van der Waals surface area contributed by atoms with Crippen molar-refractivity contribution in [2.24, 2.45) is 0 Å². The van der Waals surface area contributed by atoms with Crippen LogP contribution in [0.15, 0.2) is 72.8 Å². The molecule has 0 aromatic heterocycles. The SMILES string of the molecule is CCNC(=O)[C@@H](Cc1ccccc1)N(Cc1ccc(F)cc1)C(=O)COc1cc(C)ccc1C. The van der Waals surface area contributed by atoms with E-state index in [9.17, 15) is 14.0 Å². The van der Waals surface area contributed by atoms with Gasteiger partial charge in [-0.3, -0.25) is 9.59 Å². The van der Waals surface area contributed by atoms with Crippen LogP contribution in [0.25, 0.3) is 0 Å². The number of likely N-dealkylation sites (N-methyl/N-ethyl adjacent to an activating group) is 1. The lowest BCUT2D eigenvalue weighted by molar-refractivity contribution is -0.142. The molecule has 34 heavy (non-hydrogen) atoms. The third-order valence-electron chi connectivity index (χ3n) is 5.58. The number of carbonyl (C=O) groups excluding carboxylic acids is 2. The molecule has 2 amide bonds. The summed E-state index contributed by atoms with van der Waals surface area (Å²) in [6.07, 6.45) is 0.350. The van der Waals surface area contributed by atoms with Gasteiger partial charge in [0.05, 0.1) is 0 Å². The molecule has 5 nitrogen and oxygen atoms in total. The topological polar surface area (TPSA) is 58.6 Å². The molecule has 0 saturated heterocycles. The molecule has 0 saturated carbocycles. The summed E-state index contributed by atoms with van der Waals surface area (Å²) in [5.41, 5.74) is 3.61. The first-order chi connectivity index (χ1) is 16.4. The Hall–Kier alpha value is -3.67. The van der Waals surface area contributed by atoms with Crippen molar-refractivity contribution in [2.45, 2.75) is 39.8 Å². The summed E-state index contributed by atoms with van der Waals surface area (Å²) in [7, 11) is 0. The fourth-order valence-corrected chi connectivity index (χ4v) is 3.72. The van der Waals surface area contributed by atoms with Crippen LogP contribution in [0.4, 0.5) is 4.39 Å². The highest BCUT2D eigenvalue weighted by Crippen LogP contribution is 2.20. The largest absolute Gasteiger partial charge is 0.483 e. The summed E-state index contributed by atoms with van der Waals surface area (Å²) in [6, 6.07) is 20.6. The Labute approximate surface area is 200 Å². The molecule has 3 aromatic rings. The quantitative estimate of drug-likeness (QED) is 0.479. The number of hydrogen-bond acceptors (Lipinski definition) is 3. The molecular formula is C28H31FN2O3. The van der Waals surface area contributed by atoms with Crippen LogP contribution in [0.1, 0.15) is 29.2 Å². The van der Waals surface area contributed by atoms with Crippen LogP contribution >= 0.6 is 0 Å². The fraction of sp³-hybridized carbons (Fsp3) is 0.286. The first-order valence-electron chi connectivity index (χ1n) is 11.4. The molecule has 1 atom stereocenters. The van der Waals surface area contributed by atoms with Gasteiger partial charge in [-0.2, -0.15) is 0 Å². The smallest absolute Gasteiger partial charge is 0.261 e. The Bertz CT molecular complexity index is 1100. The molecule has 0 bridgehead atoms.